The summed E-state index contributed by atoms with van der Waals surface area (Å²) < 4.78 is 0.702. The van der Waals surface area contributed by atoms with Crippen LogP contribution < -0.4 is 0 Å². The lowest BCUT2D eigenvalue weighted by Crippen LogP contribution is -2.25. The standard InChI is InChI=1S/C11H12BrNO3/c1-6(7(2)11(15)16)10(14)8-3-9(12)5-13-4-8/h3-7H,1-2H3,(H,15,16). The zero-order valence-corrected chi connectivity index (χ0v) is 10.6. The minimum atomic E-state index is -0.969. The van der Waals surface area contributed by atoms with Gasteiger partial charge in [-0.1, -0.05) is 13.8 Å². The Balaban J connectivity index is 2.90. The SMILES string of the molecule is CC(C(=O)O)C(C)C(=O)c1cncc(Br)c1. The number of carbonyl (C=O) groups is 2. The van der Waals surface area contributed by atoms with Crippen LogP contribution in [-0.4, -0.2) is 21.8 Å². The third kappa shape index (κ3) is 2.88. The average Bonchev–Trinajstić information content (AvgIpc) is 2.26. The second-order valence-corrected chi connectivity index (χ2v) is 4.59. The zero-order valence-electron chi connectivity index (χ0n) is 8.98. The van der Waals surface area contributed by atoms with Crippen molar-refractivity contribution in [3.8, 4) is 0 Å². The quantitative estimate of drug-likeness (QED) is 0.863. The molecule has 0 radical (unpaired) electrons. The second-order valence-electron chi connectivity index (χ2n) is 3.67. The molecule has 0 saturated carbocycles. The van der Waals surface area contributed by atoms with Crippen molar-refractivity contribution in [2.45, 2.75) is 13.8 Å². The van der Waals surface area contributed by atoms with Gasteiger partial charge in [0.1, 0.15) is 0 Å². The molecule has 1 rings (SSSR count). The molecule has 2 unspecified atom stereocenters. The summed E-state index contributed by atoms with van der Waals surface area (Å²) in [6, 6.07) is 1.64. The molecule has 16 heavy (non-hydrogen) atoms. The van der Waals surface area contributed by atoms with Gasteiger partial charge in [-0.15, -0.1) is 0 Å². The first-order chi connectivity index (χ1) is 7.43. The molecule has 0 aliphatic heterocycles. The first-order valence-corrected chi connectivity index (χ1v) is 5.60. The Labute approximate surface area is 102 Å². The summed E-state index contributed by atoms with van der Waals surface area (Å²) in [5.41, 5.74) is 0.426. The van der Waals surface area contributed by atoms with Crippen molar-refractivity contribution in [1.29, 1.82) is 0 Å². The van der Waals surface area contributed by atoms with Crippen LogP contribution >= 0.6 is 15.9 Å². The molecular formula is C11H12BrNO3. The summed E-state index contributed by atoms with van der Waals surface area (Å²) in [7, 11) is 0. The minimum Gasteiger partial charge on any atom is -0.481 e. The van der Waals surface area contributed by atoms with Gasteiger partial charge in [0.15, 0.2) is 5.78 Å². The van der Waals surface area contributed by atoms with E-state index in [0.717, 1.165) is 0 Å². The second kappa shape index (κ2) is 5.21. The molecule has 2 atom stereocenters. The number of rotatable bonds is 4. The summed E-state index contributed by atoms with van der Waals surface area (Å²) >= 11 is 3.21. The van der Waals surface area contributed by atoms with Gasteiger partial charge in [0.05, 0.1) is 5.92 Å². The van der Waals surface area contributed by atoms with Gasteiger partial charge < -0.3 is 5.11 Å². The Bertz CT molecular complexity index is 419. The number of hydrogen-bond donors (Lipinski definition) is 1. The van der Waals surface area contributed by atoms with Crippen molar-refractivity contribution < 1.29 is 14.7 Å². The number of Topliss-reactive ketones (excluding diaryl/α,β-unsaturated/α-hetero) is 1. The van der Waals surface area contributed by atoms with Crippen LogP contribution in [-0.2, 0) is 4.79 Å². The number of carbonyl (C=O) groups excluding carboxylic acids is 1. The number of aromatic nitrogens is 1. The summed E-state index contributed by atoms with van der Waals surface area (Å²) in [5, 5.41) is 8.83. The Hall–Kier alpha value is -1.23. The average molecular weight is 286 g/mol. The highest BCUT2D eigenvalue weighted by molar-refractivity contribution is 9.10. The number of nitrogens with zero attached hydrogens (tertiary/aromatic N) is 1. The molecule has 0 spiro atoms. The summed E-state index contributed by atoms with van der Waals surface area (Å²) in [5.74, 6) is -2.44. The van der Waals surface area contributed by atoms with Crippen LogP contribution in [0.4, 0.5) is 0 Å². The minimum absolute atomic E-state index is 0.205. The van der Waals surface area contributed by atoms with E-state index in [1.165, 1.54) is 13.1 Å². The van der Waals surface area contributed by atoms with E-state index in [0.29, 0.717) is 10.0 Å². The van der Waals surface area contributed by atoms with Gasteiger partial charge in [0.2, 0.25) is 0 Å². The maximum absolute atomic E-state index is 11.9. The molecule has 4 nitrogen and oxygen atoms in total. The van der Waals surface area contributed by atoms with Crippen molar-refractivity contribution in [2.75, 3.05) is 0 Å². The molecule has 1 N–H and O–H groups in total. The molecule has 0 aromatic carbocycles. The topological polar surface area (TPSA) is 67.3 Å². The monoisotopic (exact) mass is 285 g/mol. The van der Waals surface area contributed by atoms with Crippen LogP contribution in [0.2, 0.25) is 0 Å². The number of carboxylic acids is 1. The fourth-order valence-electron chi connectivity index (χ4n) is 1.25. The van der Waals surface area contributed by atoms with Gasteiger partial charge in [-0.25, -0.2) is 0 Å². The number of ketones is 1. The van der Waals surface area contributed by atoms with Gasteiger partial charge in [-0.2, -0.15) is 0 Å². The van der Waals surface area contributed by atoms with Crippen LogP contribution in [0, 0.1) is 11.8 Å². The lowest BCUT2D eigenvalue weighted by atomic mass is 9.89. The van der Waals surface area contributed by atoms with Gasteiger partial charge in [0, 0.05) is 28.3 Å². The molecule has 1 aromatic heterocycles. The van der Waals surface area contributed by atoms with E-state index in [1.54, 1.807) is 19.2 Å². The number of hydrogen-bond acceptors (Lipinski definition) is 3. The third-order valence-electron chi connectivity index (χ3n) is 2.54. The van der Waals surface area contributed by atoms with E-state index in [1.807, 2.05) is 0 Å². The summed E-state index contributed by atoms with van der Waals surface area (Å²) in [4.78, 5) is 26.6. The lowest BCUT2D eigenvalue weighted by Gasteiger charge is -2.14. The van der Waals surface area contributed by atoms with Crippen LogP contribution in [0.5, 0.6) is 0 Å². The number of carboxylic acid groups (broad SMARTS) is 1. The Morgan fingerprint density at radius 3 is 2.44 bits per heavy atom. The van der Waals surface area contributed by atoms with E-state index < -0.39 is 17.8 Å². The van der Waals surface area contributed by atoms with Crippen LogP contribution in [0.3, 0.4) is 0 Å². The first kappa shape index (κ1) is 12.8. The molecule has 0 aliphatic rings. The maximum atomic E-state index is 11.9. The normalized spacial score (nSPS) is 14.2. The lowest BCUT2D eigenvalue weighted by molar-refractivity contribution is -0.142. The van der Waals surface area contributed by atoms with Crippen molar-refractivity contribution in [2.24, 2.45) is 11.8 Å². The highest BCUT2D eigenvalue weighted by Gasteiger charge is 2.26. The zero-order chi connectivity index (χ0) is 12.3. The predicted octanol–water partition coefficient (Wildman–Crippen LogP) is 2.38. The predicted molar refractivity (Wildman–Crippen MR) is 62.2 cm³/mol. The molecule has 5 heteroatoms. The van der Waals surface area contributed by atoms with E-state index in [9.17, 15) is 9.59 Å². The molecule has 0 amide bonds. The highest BCUT2D eigenvalue weighted by Crippen LogP contribution is 2.19. The Kier molecular flexibility index (Phi) is 4.18. The van der Waals surface area contributed by atoms with E-state index in [4.69, 9.17) is 5.11 Å². The highest BCUT2D eigenvalue weighted by atomic mass is 79.9. The Morgan fingerprint density at radius 2 is 1.94 bits per heavy atom. The maximum Gasteiger partial charge on any atom is 0.306 e. The molecule has 0 saturated heterocycles. The van der Waals surface area contributed by atoms with Crippen LogP contribution in [0.15, 0.2) is 22.9 Å². The number of halogens is 1. The van der Waals surface area contributed by atoms with Crippen molar-refractivity contribution in [3.05, 3.63) is 28.5 Å². The Morgan fingerprint density at radius 1 is 1.31 bits per heavy atom. The van der Waals surface area contributed by atoms with Crippen LogP contribution in [0.25, 0.3) is 0 Å². The van der Waals surface area contributed by atoms with Crippen LogP contribution in [0.1, 0.15) is 24.2 Å². The molecule has 0 fully saturated rings. The van der Waals surface area contributed by atoms with Gasteiger partial charge >= 0.3 is 5.97 Å². The molecule has 1 aromatic rings. The molecular weight excluding hydrogens is 274 g/mol. The molecule has 1 heterocycles. The third-order valence-corrected chi connectivity index (χ3v) is 2.98. The van der Waals surface area contributed by atoms with Crippen molar-refractivity contribution in [1.82, 2.24) is 4.98 Å². The summed E-state index contributed by atoms with van der Waals surface area (Å²) in [6.07, 6.45) is 3.01. The fourth-order valence-corrected chi connectivity index (χ4v) is 1.62. The molecule has 86 valence electrons. The fraction of sp³-hybridized carbons (Fsp3) is 0.364. The van der Waals surface area contributed by atoms with Crippen molar-refractivity contribution >= 4 is 27.7 Å². The number of aliphatic carboxylic acids is 1. The molecule has 0 aliphatic carbocycles. The van der Waals surface area contributed by atoms with Crippen molar-refractivity contribution in [3.63, 3.8) is 0 Å². The van der Waals surface area contributed by atoms with E-state index in [-0.39, 0.29) is 5.78 Å². The van der Waals surface area contributed by atoms with Gasteiger partial charge in [-0.05, 0) is 22.0 Å². The summed E-state index contributed by atoms with van der Waals surface area (Å²) in [6.45, 7) is 3.14. The van der Waals surface area contributed by atoms with E-state index >= 15 is 0 Å². The largest absolute Gasteiger partial charge is 0.481 e. The first-order valence-electron chi connectivity index (χ1n) is 4.81. The van der Waals surface area contributed by atoms with E-state index in [2.05, 4.69) is 20.9 Å². The van der Waals surface area contributed by atoms with Gasteiger partial charge in [-0.3, -0.25) is 14.6 Å². The number of pyridine rings is 1. The smallest absolute Gasteiger partial charge is 0.306 e. The molecule has 0 bridgehead atoms. The van der Waals surface area contributed by atoms with Gasteiger partial charge in [0.25, 0.3) is 0 Å².